The lowest BCUT2D eigenvalue weighted by atomic mass is 10.4. The highest BCUT2D eigenvalue weighted by Gasteiger charge is 1.97. The van der Waals surface area contributed by atoms with E-state index in [0.717, 1.165) is 10.4 Å². The van der Waals surface area contributed by atoms with Crippen molar-refractivity contribution < 1.29 is 4.74 Å². The minimum Gasteiger partial charge on any atom is -0.491 e. The molecule has 1 aromatic heterocycles. The lowest BCUT2D eigenvalue weighted by Gasteiger charge is -2.08. The van der Waals surface area contributed by atoms with Crippen molar-refractivity contribution in [3.8, 4) is 5.75 Å². The smallest absolute Gasteiger partial charge is 0.123 e. The van der Waals surface area contributed by atoms with Crippen LogP contribution in [0, 0.1) is 0 Å². The zero-order valence-electron chi connectivity index (χ0n) is 6.54. The van der Waals surface area contributed by atoms with E-state index in [0.29, 0.717) is 0 Å². The molecule has 0 fully saturated rings. The molecule has 0 aliphatic rings. The SMILES string of the molecule is CC(C)Oc1ccnc(Br)c1. The summed E-state index contributed by atoms with van der Waals surface area (Å²) in [6, 6.07) is 3.69. The van der Waals surface area contributed by atoms with Crippen molar-refractivity contribution in [2.75, 3.05) is 0 Å². The van der Waals surface area contributed by atoms with Gasteiger partial charge in [-0.1, -0.05) is 0 Å². The third-order valence-corrected chi connectivity index (χ3v) is 1.50. The van der Waals surface area contributed by atoms with Crippen LogP contribution in [0.3, 0.4) is 0 Å². The van der Waals surface area contributed by atoms with Gasteiger partial charge < -0.3 is 4.74 Å². The third-order valence-electron chi connectivity index (χ3n) is 1.07. The Balaban J connectivity index is 2.71. The third kappa shape index (κ3) is 2.89. The number of pyridine rings is 1. The van der Waals surface area contributed by atoms with E-state index in [1.807, 2.05) is 26.0 Å². The molecule has 1 aromatic rings. The van der Waals surface area contributed by atoms with Crippen LogP contribution >= 0.6 is 15.9 Å². The zero-order valence-corrected chi connectivity index (χ0v) is 8.13. The molecule has 2 nitrogen and oxygen atoms in total. The monoisotopic (exact) mass is 215 g/mol. The Kier molecular flexibility index (Phi) is 2.88. The maximum Gasteiger partial charge on any atom is 0.123 e. The first kappa shape index (κ1) is 8.53. The Labute approximate surface area is 74.7 Å². The summed E-state index contributed by atoms with van der Waals surface area (Å²) in [6.45, 7) is 3.99. The van der Waals surface area contributed by atoms with Crippen LogP contribution < -0.4 is 4.74 Å². The summed E-state index contributed by atoms with van der Waals surface area (Å²) in [5.41, 5.74) is 0. The average Bonchev–Trinajstić information content (AvgIpc) is 1.85. The fraction of sp³-hybridized carbons (Fsp3) is 0.375. The molecule has 60 valence electrons. The van der Waals surface area contributed by atoms with Crippen molar-refractivity contribution in [1.29, 1.82) is 0 Å². The molecule has 0 N–H and O–H groups in total. The van der Waals surface area contributed by atoms with Crippen LogP contribution in [0.25, 0.3) is 0 Å². The van der Waals surface area contributed by atoms with Gasteiger partial charge in [-0.3, -0.25) is 0 Å². The standard InChI is InChI=1S/C8H10BrNO/c1-6(2)11-7-3-4-10-8(9)5-7/h3-6H,1-2H3. The summed E-state index contributed by atoms with van der Waals surface area (Å²) in [6.07, 6.45) is 1.92. The molecule has 0 radical (unpaired) electrons. The number of halogens is 1. The summed E-state index contributed by atoms with van der Waals surface area (Å²) >= 11 is 3.26. The molecule has 0 amide bonds. The van der Waals surface area contributed by atoms with Gasteiger partial charge in [0, 0.05) is 12.3 Å². The Hall–Kier alpha value is -0.570. The molecule has 0 aliphatic heterocycles. The Morgan fingerprint density at radius 1 is 1.55 bits per heavy atom. The van der Waals surface area contributed by atoms with Crippen molar-refractivity contribution in [1.82, 2.24) is 4.98 Å². The van der Waals surface area contributed by atoms with E-state index >= 15 is 0 Å². The van der Waals surface area contributed by atoms with Crippen LogP contribution in [0.2, 0.25) is 0 Å². The Morgan fingerprint density at radius 2 is 2.27 bits per heavy atom. The van der Waals surface area contributed by atoms with Gasteiger partial charge in [0.05, 0.1) is 6.10 Å². The van der Waals surface area contributed by atoms with E-state index in [9.17, 15) is 0 Å². The first-order chi connectivity index (χ1) is 5.18. The summed E-state index contributed by atoms with van der Waals surface area (Å²) in [5, 5.41) is 0. The molecular weight excluding hydrogens is 206 g/mol. The van der Waals surface area contributed by atoms with Crippen molar-refractivity contribution in [3.63, 3.8) is 0 Å². The van der Waals surface area contributed by atoms with Crippen LogP contribution in [-0.4, -0.2) is 11.1 Å². The number of hydrogen-bond acceptors (Lipinski definition) is 2. The van der Waals surface area contributed by atoms with Crippen LogP contribution in [0.1, 0.15) is 13.8 Å². The molecule has 1 heterocycles. The zero-order chi connectivity index (χ0) is 8.27. The number of nitrogens with zero attached hydrogens (tertiary/aromatic N) is 1. The highest BCUT2D eigenvalue weighted by molar-refractivity contribution is 9.10. The predicted octanol–water partition coefficient (Wildman–Crippen LogP) is 2.63. The molecule has 0 unspecified atom stereocenters. The van der Waals surface area contributed by atoms with Gasteiger partial charge in [-0.15, -0.1) is 0 Å². The lowest BCUT2D eigenvalue weighted by Crippen LogP contribution is -2.05. The largest absolute Gasteiger partial charge is 0.491 e. The minimum atomic E-state index is 0.212. The van der Waals surface area contributed by atoms with Gasteiger partial charge >= 0.3 is 0 Å². The maximum atomic E-state index is 5.42. The number of hydrogen-bond donors (Lipinski definition) is 0. The molecule has 0 atom stereocenters. The van der Waals surface area contributed by atoms with E-state index < -0.39 is 0 Å². The van der Waals surface area contributed by atoms with Gasteiger partial charge in [0.25, 0.3) is 0 Å². The van der Waals surface area contributed by atoms with E-state index in [1.165, 1.54) is 0 Å². The minimum absolute atomic E-state index is 0.212. The molecule has 0 aliphatic carbocycles. The van der Waals surface area contributed by atoms with E-state index in [1.54, 1.807) is 6.20 Å². The highest BCUT2D eigenvalue weighted by Crippen LogP contribution is 2.15. The first-order valence-corrected chi connectivity index (χ1v) is 4.26. The second-order valence-electron chi connectivity index (χ2n) is 2.48. The average molecular weight is 216 g/mol. The van der Waals surface area contributed by atoms with E-state index in [2.05, 4.69) is 20.9 Å². The first-order valence-electron chi connectivity index (χ1n) is 3.46. The molecular formula is C8H10BrNO. The van der Waals surface area contributed by atoms with Crippen LogP contribution in [0.4, 0.5) is 0 Å². The maximum absolute atomic E-state index is 5.42. The fourth-order valence-electron chi connectivity index (χ4n) is 0.730. The van der Waals surface area contributed by atoms with Gasteiger partial charge in [0.2, 0.25) is 0 Å². The number of aromatic nitrogens is 1. The Bertz CT molecular complexity index is 237. The molecule has 0 saturated carbocycles. The molecule has 0 aromatic carbocycles. The van der Waals surface area contributed by atoms with Crippen LogP contribution in [0.5, 0.6) is 5.75 Å². The quantitative estimate of drug-likeness (QED) is 0.709. The second kappa shape index (κ2) is 3.72. The Morgan fingerprint density at radius 3 is 2.82 bits per heavy atom. The van der Waals surface area contributed by atoms with Gasteiger partial charge in [-0.25, -0.2) is 4.98 Å². The van der Waals surface area contributed by atoms with Crippen molar-refractivity contribution in [2.45, 2.75) is 20.0 Å². The summed E-state index contributed by atoms with van der Waals surface area (Å²) in [5.74, 6) is 0.849. The molecule has 3 heteroatoms. The predicted molar refractivity (Wildman–Crippen MR) is 47.7 cm³/mol. The normalized spacial score (nSPS) is 10.2. The summed E-state index contributed by atoms with van der Waals surface area (Å²) in [7, 11) is 0. The van der Waals surface area contributed by atoms with Crippen molar-refractivity contribution >= 4 is 15.9 Å². The number of ether oxygens (including phenoxy) is 1. The number of rotatable bonds is 2. The summed E-state index contributed by atoms with van der Waals surface area (Å²) in [4.78, 5) is 3.98. The van der Waals surface area contributed by atoms with Crippen molar-refractivity contribution in [2.24, 2.45) is 0 Å². The summed E-state index contributed by atoms with van der Waals surface area (Å²) < 4.78 is 6.23. The van der Waals surface area contributed by atoms with Gasteiger partial charge in [-0.05, 0) is 35.8 Å². The highest BCUT2D eigenvalue weighted by atomic mass is 79.9. The van der Waals surface area contributed by atoms with E-state index in [-0.39, 0.29) is 6.10 Å². The van der Waals surface area contributed by atoms with Gasteiger partial charge in [0.1, 0.15) is 10.4 Å². The van der Waals surface area contributed by atoms with Crippen LogP contribution in [-0.2, 0) is 0 Å². The van der Waals surface area contributed by atoms with Crippen LogP contribution in [0.15, 0.2) is 22.9 Å². The molecule has 11 heavy (non-hydrogen) atoms. The fourth-order valence-corrected chi connectivity index (χ4v) is 1.07. The van der Waals surface area contributed by atoms with Gasteiger partial charge in [-0.2, -0.15) is 0 Å². The molecule has 0 bridgehead atoms. The molecule has 0 spiro atoms. The molecule has 0 saturated heterocycles. The lowest BCUT2D eigenvalue weighted by molar-refractivity contribution is 0.242. The second-order valence-corrected chi connectivity index (χ2v) is 3.29. The topological polar surface area (TPSA) is 22.1 Å². The van der Waals surface area contributed by atoms with E-state index in [4.69, 9.17) is 4.74 Å². The van der Waals surface area contributed by atoms with Crippen molar-refractivity contribution in [3.05, 3.63) is 22.9 Å². The van der Waals surface area contributed by atoms with Gasteiger partial charge in [0.15, 0.2) is 0 Å². The molecule has 1 rings (SSSR count).